The number of aliphatic imine (C=N–C) groups is 2. The Balaban J connectivity index is 1.27. The van der Waals surface area contributed by atoms with Crippen LogP contribution in [-0.4, -0.2) is 51.5 Å². The van der Waals surface area contributed by atoms with Gasteiger partial charge in [-0.2, -0.15) is 18.2 Å². The molecule has 0 aromatic heterocycles. The van der Waals surface area contributed by atoms with Gasteiger partial charge >= 0.3 is 6.18 Å². The average molecular weight is 572 g/mol. The van der Waals surface area contributed by atoms with E-state index in [-0.39, 0.29) is 42.1 Å². The van der Waals surface area contributed by atoms with E-state index in [1.807, 2.05) is 6.07 Å². The zero-order valence-corrected chi connectivity index (χ0v) is 22.4. The van der Waals surface area contributed by atoms with Crippen LogP contribution in [0.3, 0.4) is 0 Å². The average Bonchev–Trinajstić information content (AvgIpc) is 3.27. The van der Waals surface area contributed by atoms with Crippen molar-refractivity contribution >= 4 is 51.9 Å². The van der Waals surface area contributed by atoms with E-state index in [0.717, 1.165) is 49.6 Å². The predicted octanol–water partition coefficient (Wildman–Crippen LogP) is 5.26. The normalized spacial score (nSPS) is 18.9. The van der Waals surface area contributed by atoms with Crippen molar-refractivity contribution in [2.45, 2.75) is 63.2 Å². The molecule has 1 unspecified atom stereocenters. The van der Waals surface area contributed by atoms with E-state index in [4.69, 9.17) is 0 Å². The van der Waals surface area contributed by atoms with Crippen LogP contribution in [0.1, 0.15) is 56.1 Å². The van der Waals surface area contributed by atoms with Gasteiger partial charge in [-0.1, -0.05) is 49.2 Å². The van der Waals surface area contributed by atoms with Gasteiger partial charge in [0.15, 0.2) is 5.17 Å². The maximum atomic E-state index is 13.0. The fourth-order valence-corrected chi connectivity index (χ4v) is 5.94. The molecule has 2 heterocycles. The number of amidine groups is 2. The molecule has 0 saturated heterocycles. The van der Waals surface area contributed by atoms with Crippen molar-refractivity contribution in [1.29, 1.82) is 0 Å². The Morgan fingerprint density at radius 2 is 1.77 bits per heavy atom. The van der Waals surface area contributed by atoms with E-state index >= 15 is 0 Å². The maximum Gasteiger partial charge on any atom is 0.416 e. The molecule has 0 spiro atoms. The first kappa shape index (κ1) is 27.9. The smallest absolute Gasteiger partial charge is 0.353 e. The maximum absolute atomic E-state index is 13.0. The first-order valence-electron chi connectivity index (χ1n) is 13.2. The third-order valence-electron chi connectivity index (χ3n) is 7.03. The lowest BCUT2D eigenvalue weighted by Crippen LogP contribution is -2.44. The van der Waals surface area contributed by atoms with Gasteiger partial charge in [0.1, 0.15) is 11.9 Å². The predicted molar refractivity (Wildman–Crippen MR) is 147 cm³/mol. The fraction of sp³-hybridized carbons (Fsp3) is 0.393. The summed E-state index contributed by atoms with van der Waals surface area (Å²) in [4.78, 5) is 48.9. The number of hydrogen-bond acceptors (Lipinski definition) is 6. The highest BCUT2D eigenvalue weighted by Gasteiger charge is 2.42. The van der Waals surface area contributed by atoms with Crippen LogP contribution in [-0.2, 0) is 20.6 Å². The van der Waals surface area contributed by atoms with Gasteiger partial charge in [-0.25, -0.2) is 4.99 Å². The molecule has 8 nitrogen and oxygen atoms in total. The highest BCUT2D eigenvalue weighted by molar-refractivity contribution is 8.14. The van der Waals surface area contributed by atoms with Crippen LogP contribution in [0.2, 0.25) is 0 Å². The summed E-state index contributed by atoms with van der Waals surface area (Å²) in [5.74, 6) is -0.784. The number of para-hydroxylation sites is 1. The second kappa shape index (κ2) is 11.8. The Labute approximate surface area is 233 Å². The van der Waals surface area contributed by atoms with Crippen molar-refractivity contribution < 1.29 is 27.6 Å². The van der Waals surface area contributed by atoms with Crippen molar-refractivity contribution in [2.75, 3.05) is 11.1 Å². The monoisotopic (exact) mass is 571 g/mol. The van der Waals surface area contributed by atoms with Gasteiger partial charge in [-0.3, -0.25) is 19.3 Å². The van der Waals surface area contributed by atoms with Crippen molar-refractivity contribution in [2.24, 2.45) is 9.98 Å². The van der Waals surface area contributed by atoms with Crippen LogP contribution < -0.4 is 10.6 Å². The Hall–Kier alpha value is -3.67. The number of nitrogens with zero attached hydrogens (tertiary/aromatic N) is 3. The molecular formula is C28H28F3N5O3S. The zero-order chi connectivity index (χ0) is 28.3. The van der Waals surface area contributed by atoms with Gasteiger partial charge in [0.05, 0.1) is 17.0 Å². The summed E-state index contributed by atoms with van der Waals surface area (Å²) in [5.41, 5.74) is 0.416. The topological polar surface area (TPSA) is 103 Å². The molecule has 0 bridgehead atoms. The largest absolute Gasteiger partial charge is 0.416 e. The molecule has 0 radical (unpaired) electrons. The van der Waals surface area contributed by atoms with Gasteiger partial charge in [-0.15, -0.1) is 0 Å². The van der Waals surface area contributed by atoms with Crippen molar-refractivity contribution in [3.63, 3.8) is 0 Å². The molecule has 1 fully saturated rings. The zero-order valence-electron chi connectivity index (χ0n) is 21.5. The molecular weight excluding hydrogens is 543 g/mol. The van der Waals surface area contributed by atoms with Crippen molar-refractivity contribution in [3.8, 4) is 0 Å². The summed E-state index contributed by atoms with van der Waals surface area (Å²) in [6.45, 7) is 0. The molecule has 2 N–H and O–H groups in total. The standard InChI is InChI=1S/C28H28F3N5O3S/c29-28(30,31)17-7-6-10-19(15-17)33-24(38)16-40-27-34-21-12-5-4-11-20(21)25-35-26(39)22(36(25)27)13-14-23(37)32-18-8-2-1-3-9-18/h4-7,10-12,15,18,22H,1-3,8-9,13-14,16H2,(H,32,37)(H,33,38). The Bertz CT molecular complexity index is 1370. The van der Waals surface area contributed by atoms with Crippen LogP contribution >= 0.6 is 11.8 Å². The molecule has 1 atom stereocenters. The van der Waals surface area contributed by atoms with Crippen LogP contribution in [0.4, 0.5) is 24.5 Å². The molecule has 2 aliphatic heterocycles. The minimum absolute atomic E-state index is 0.0248. The number of hydrogen-bond donors (Lipinski definition) is 2. The first-order valence-corrected chi connectivity index (χ1v) is 14.2. The molecule has 1 aliphatic carbocycles. The van der Waals surface area contributed by atoms with Crippen LogP contribution in [0.25, 0.3) is 0 Å². The SMILES string of the molecule is O=C(CSC1=Nc2ccccc2C2=NC(=O)C(CCC(=O)NC3CCCCC3)N12)Nc1cccc(C(F)(F)F)c1. The Kier molecular flexibility index (Phi) is 8.24. The number of nitrogens with one attached hydrogen (secondary N) is 2. The molecule has 3 amide bonds. The Morgan fingerprint density at radius 1 is 1.00 bits per heavy atom. The summed E-state index contributed by atoms with van der Waals surface area (Å²) in [5, 5.41) is 5.92. The number of alkyl halides is 3. The van der Waals surface area contributed by atoms with Gasteiger partial charge in [-0.05, 0) is 49.6 Å². The lowest BCUT2D eigenvalue weighted by Gasteiger charge is -2.31. The number of anilines is 1. The molecule has 2 aromatic carbocycles. The molecule has 40 heavy (non-hydrogen) atoms. The van der Waals surface area contributed by atoms with Gasteiger partial charge < -0.3 is 10.6 Å². The number of amides is 3. The van der Waals surface area contributed by atoms with E-state index in [0.29, 0.717) is 22.3 Å². The number of carbonyl (C=O) groups is 3. The van der Waals surface area contributed by atoms with Crippen LogP contribution in [0, 0.1) is 0 Å². The quantitative estimate of drug-likeness (QED) is 0.472. The van der Waals surface area contributed by atoms with E-state index < -0.39 is 23.7 Å². The highest BCUT2D eigenvalue weighted by atomic mass is 32.2. The van der Waals surface area contributed by atoms with E-state index in [1.54, 1.807) is 23.1 Å². The summed E-state index contributed by atoms with van der Waals surface area (Å²) < 4.78 is 39.1. The van der Waals surface area contributed by atoms with Crippen LogP contribution in [0.5, 0.6) is 0 Å². The number of fused-ring (bicyclic) bond motifs is 3. The molecule has 3 aliphatic rings. The first-order chi connectivity index (χ1) is 19.2. The van der Waals surface area contributed by atoms with Crippen LogP contribution in [0.15, 0.2) is 58.5 Å². The minimum atomic E-state index is -4.53. The van der Waals surface area contributed by atoms with Gasteiger partial charge in [0.25, 0.3) is 5.91 Å². The molecule has 1 saturated carbocycles. The van der Waals surface area contributed by atoms with E-state index in [9.17, 15) is 27.6 Å². The summed E-state index contributed by atoms with van der Waals surface area (Å²) >= 11 is 1.05. The summed E-state index contributed by atoms with van der Waals surface area (Å²) in [7, 11) is 0. The second-order valence-electron chi connectivity index (χ2n) is 9.93. The second-order valence-corrected chi connectivity index (χ2v) is 10.9. The summed E-state index contributed by atoms with van der Waals surface area (Å²) in [6.07, 6.45) is 1.12. The van der Waals surface area contributed by atoms with E-state index in [1.165, 1.54) is 18.6 Å². The van der Waals surface area contributed by atoms with Crippen molar-refractivity contribution in [3.05, 3.63) is 59.7 Å². The summed E-state index contributed by atoms with van der Waals surface area (Å²) in [6, 6.07) is 11.0. The highest BCUT2D eigenvalue weighted by Crippen LogP contribution is 2.35. The minimum Gasteiger partial charge on any atom is -0.353 e. The number of halogens is 3. The molecule has 5 rings (SSSR count). The Morgan fingerprint density at radius 3 is 2.55 bits per heavy atom. The third kappa shape index (κ3) is 6.38. The lowest BCUT2D eigenvalue weighted by atomic mass is 9.95. The molecule has 12 heteroatoms. The number of thioether (sulfide) groups is 1. The van der Waals surface area contributed by atoms with Gasteiger partial charge in [0.2, 0.25) is 11.8 Å². The number of benzene rings is 2. The third-order valence-corrected chi connectivity index (χ3v) is 7.98. The van der Waals surface area contributed by atoms with E-state index in [2.05, 4.69) is 20.6 Å². The fourth-order valence-electron chi connectivity index (χ4n) is 5.09. The van der Waals surface area contributed by atoms with Crippen molar-refractivity contribution in [1.82, 2.24) is 10.2 Å². The van der Waals surface area contributed by atoms with Gasteiger partial charge in [0, 0.05) is 23.7 Å². The lowest BCUT2D eigenvalue weighted by molar-refractivity contribution is -0.137. The molecule has 210 valence electrons. The number of rotatable bonds is 7. The molecule has 2 aromatic rings. The number of carbonyl (C=O) groups excluding carboxylic acids is 3.